The van der Waals surface area contributed by atoms with E-state index in [1.54, 1.807) is 48.5 Å². The zero-order valence-electron chi connectivity index (χ0n) is 17.1. The Morgan fingerprint density at radius 3 is 2.40 bits per heavy atom. The molecule has 0 aliphatic carbocycles. The molecule has 0 aliphatic rings. The predicted molar refractivity (Wildman–Crippen MR) is 115 cm³/mol. The Balaban J connectivity index is 1.83. The molecule has 0 aliphatic heterocycles. The van der Waals surface area contributed by atoms with Crippen molar-refractivity contribution in [1.29, 1.82) is 0 Å². The maximum atomic E-state index is 12.8. The van der Waals surface area contributed by atoms with Crippen LogP contribution in [0.5, 0.6) is 0 Å². The van der Waals surface area contributed by atoms with Crippen LogP contribution in [-0.2, 0) is 16.1 Å². The molecule has 0 radical (unpaired) electrons. The zero-order valence-corrected chi connectivity index (χ0v) is 17.1. The quantitative estimate of drug-likeness (QED) is 0.453. The average Bonchev–Trinajstić information content (AvgIpc) is 2.76. The number of carbonyl (C=O) groups is 2. The maximum Gasteiger partial charge on any atom is 0.360 e. The number of para-hydroxylation sites is 1. The molecule has 0 saturated carbocycles. The molecule has 0 bridgehead atoms. The fourth-order valence-electron chi connectivity index (χ4n) is 3.08. The van der Waals surface area contributed by atoms with Crippen molar-refractivity contribution in [2.45, 2.75) is 45.8 Å². The first-order valence-electron chi connectivity index (χ1n) is 10.1. The van der Waals surface area contributed by atoms with E-state index in [0.29, 0.717) is 23.0 Å². The second kappa shape index (κ2) is 9.82. The van der Waals surface area contributed by atoms with Gasteiger partial charge < -0.3 is 10.1 Å². The van der Waals surface area contributed by atoms with Gasteiger partial charge in [-0.1, -0.05) is 56.2 Å². The van der Waals surface area contributed by atoms with Crippen LogP contribution < -0.4 is 10.9 Å². The molecular formula is C23H25N3O4. The Morgan fingerprint density at radius 2 is 1.70 bits per heavy atom. The van der Waals surface area contributed by atoms with E-state index in [0.717, 1.165) is 19.3 Å². The van der Waals surface area contributed by atoms with Crippen molar-refractivity contribution in [3.05, 3.63) is 70.6 Å². The van der Waals surface area contributed by atoms with Crippen molar-refractivity contribution in [2.24, 2.45) is 0 Å². The highest BCUT2D eigenvalue weighted by molar-refractivity contribution is 6.03. The summed E-state index contributed by atoms with van der Waals surface area (Å²) < 4.78 is 6.68. The largest absolute Gasteiger partial charge is 0.448 e. The number of fused-ring (bicyclic) bond motifs is 1. The van der Waals surface area contributed by atoms with E-state index in [2.05, 4.69) is 17.3 Å². The van der Waals surface area contributed by atoms with Gasteiger partial charge in [-0.05, 0) is 31.5 Å². The SMILES string of the molecule is CCCCCn1nc(C(=O)O[C@@H](C)C(=O)Nc2ccccc2)c2ccccc2c1=O. The van der Waals surface area contributed by atoms with Gasteiger partial charge in [0.25, 0.3) is 11.5 Å². The van der Waals surface area contributed by atoms with Crippen LogP contribution in [0.25, 0.3) is 10.8 Å². The smallest absolute Gasteiger partial charge is 0.360 e. The first-order valence-corrected chi connectivity index (χ1v) is 10.1. The number of amides is 1. The fourth-order valence-corrected chi connectivity index (χ4v) is 3.08. The molecular weight excluding hydrogens is 382 g/mol. The van der Waals surface area contributed by atoms with Gasteiger partial charge in [0.1, 0.15) is 0 Å². The molecule has 0 unspecified atom stereocenters. The summed E-state index contributed by atoms with van der Waals surface area (Å²) in [7, 11) is 0. The molecule has 0 saturated heterocycles. The molecule has 7 nitrogen and oxygen atoms in total. The summed E-state index contributed by atoms with van der Waals surface area (Å²) in [5.41, 5.74) is 0.396. The number of nitrogens with zero attached hydrogens (tertiary/aromatic N) is 2. The number of aryl methyl sites for hydroxylation is 1. The second-order valence-electron chi connectivity index (χ2n) is 7.03. The van der Waals surface area contributed by atoms with Crippen molar-refractivity contribution in [3.63, 3.8) is 0 Å². The summed E-state index contributed by atoms with van der Waals surface area (Å²) in [4.78, 5) is 37.9. The third-order valence-corrected chi connectivity index (χ3v) is 4.73. The monoisotopic (exact) mass is 407 g/mol. The van der Waals surface area contributed by atoms with Crippen molar-refractivity contribution >= 4 is 28.3 Å². The minimum Gasteiger partial charge on any atom is -0.448 e. The third kappa shape index (κ3) is 4.92. The first kappa shape index (κ1) is 21.2. The van der Waals surface area contributed by atoms with Gasteiger partial charge in [0.15, 0.2) is 11.8 Å². The van der Waals surface area contributed by atoms with Gasteiger partial charge in [0.05, 0.1) is 5.39 Å². The molecule has 1 N–H and O–H groups in total. The number of nitrogens with one attached hydrogen (secondary N) is 1. The van der Waals surface area contributed by atoms with Gasteiger partial charge in [0.2, 0.25) is 0 Å². The first-order chi connectivity index (χ1) is 14.5. The standard InChI is InChI=1S/C23H25N3O4/c1-3-4-10-15-26-22(28)19-14-9-8-13-18(19)20(25-26)23(29)30-16(2)21(27)24-17-11-6-5-7-12-17/h5-9,11-14,16H,3-4,10,15H2,1-2H3,(H,24,27)/t16-/m0/s1. The number of hydrogen-bond donors (Lipinski definition) is 1. The Labute approximate surface area is 174 Å². The highest BCUT2D eigenvalue weighted by Crippen LogP contribution is 2.16. The zero-order chi connectivity index (χ0) is 21.5. The van der Waals surface area contributed by atoms with Gasteiger partial charge >= 0.3 is 5.97 Å². The average molecular weight is 407 g/mol. The lowest BCUT2D eigenvalue weighted by molar-refractivity contribution is -0.123. The third-order valence-electron chi connectivity index (χ3n) is 4.73. The second-order valence-corrected chi connectivity index (χ2v) is 7.03. The van der Waals surface area contributed by atoms with E-state index in [4.69, 9.17) is 4.74 Å². The van der Waals surface area contributed by atoms with Crippen LogP contribution >= 0.6 is 0 Å². The lowest BCUT2D eigenvalue weighted by Gasteiger charge is -2.15. The van der Waals surface area contributed by atoms with Crippen LogP contribution in [0.3, 0.4) is 0 Å². The lowest BCUT2D eigenvalue weighted by Crippen LogP contribution is -2.32. The number of hydrogen-bond acceptors (Lipinski definition) is 5. The van der Waals surface area contributed by atoms with E-state index in [1.807, 2.05) is 6.07 Å². The Morgan fingerprint density at radius 1 is 1.03 bits per heavy atom. The Kier molecular flexibility index (Phi) is 6.95. The van der Waals surface area contributed by atoms with E-state index in [1.165, 1.54) is 11.6 Å². The van der Waals surface area contributed by atoms with E-state index < -0.39 is 18.0 Å². The number of anilines is 1. The molecule has 156 valence electrons. The topological polar surface area (TPSA) is 90.3 Å². The van der Waals surface area contributed by atoms with E-state index in [-0.39, 0.29) is 11.3 Å². The minimum absolute atomic E-state index is 0.0288. The number of aromatic nitrogens is 2. The fraction of sp³-hybridized carbons (Fsp3) is 0.304. The summed E-state index contributed by atoms with van der Waals surface area (Å²) in [5, 5.41) is 7.78. The lowest BCUT2D eigenvalue weighted by atomic mass is 10.1. The predicted octanol–water partition coefficient (Wildman–Crippen LogP) is 3.77. The van der Waals surface area contributed by atoms with Crippen LogP contribution in [0, 0.1) is 0 Å². The molecule has 3 aromatic rings. The summed E-state index contributed by atoms with van der Waals surface area (Å²) in [6.45, 7) is 3.98. The van der Waals surface area contributed by atoms with Gasteiger partial charge in [-0.15, -0.1) is 0 Å². The molecule has 30 heavy (non-hydrogen) atoms. The number of unbranched alkanes of at least 4 members (excludes halogenated alkanes) is 2. The summed E-state index contributed by atoms with van der Waals surface area (Å²) in [6, 6.07) is 15.7. The van der Waals surface area contributed by atoms with Crippen molar-refractivity contribution in [3.8, 4) is 0 Å². The molecule has 7 heteroatoms. The van der Waals surface area contributed by atoms with Gasteiger partial charge in [-0.25, -0.2) is 9.48 Å². The highest BCUT2D eigenvalue weighted by atomic mass is 16.5. The van der Waals surface area contributed by atoms with Gasteiger partial charge in [-0.3, -0.25) is 9.59 Å². The molecule has 0 fully saturated rings. The van der Waals surface area contributed by atoms with E-state index in [9.17, 15) is 14.4 Å². The maximum absolute atomic E-state index is 12.8. The van der Waals surface area contributed by atoms with Crippen LogP contribution in [-0.4, -0.2) is 27.8 Å². The van der Waals surface area contributed by atoms with Crippen molar-refractivity contribution in [1.82, 2.24) is 9.78 Å². The molecule has 0 spiro atoms. The van der Waals surface area contributed by atoms with Crippen molar-refractivity contribution < 1.29 is 14.3 Å². The number of rotatable bonds is 8. The van der Waals surface area contributed by atoms with Crippen LogP contribution in [0.1, 0.15) is 43.6 Å². The summed E-state index contributed by atoms with van der Waals surface area (Å²) in [5.74, 6) is -1.19. The molecule has 3 rings (SSSR count). The Bertz CT molecular complexity index is 1090. The molecule has 1 aromatic heterocycles. The molecule has 1 heterocycles. The number of ether oxygens (including phenoxy) is 1. The number of benzene rings is 2. The number of esters is 1. The van der Waals surface area contributed by atoms with Gasteiger partial charge in [0, 0.05) is 17.6 Å². The van der Waals surface area contributed by atoms with Crippen LogP contribution in [0.15, 0.2) is 59.4 Å². The molecule has 1 atom stereocenters. The Hall–Kier alpha value is -3.48. The summed E-state index contributed by atoms with van der Waals surface area (Å²) in [6.07, 6.45) is 1.72. The minimum atomic E-state index is -1.03. The van der Waals surface area contributed by atoms with Crippen LogP contribution in [0.2, 0.25) is 0 Å². The highest BCUT2D eigenvalue weighted by Gasteiger charge is 2.23. The molecule has 2 aromatic carbocycles. The molecule has 1 amide bonds. The van der Waals surface area contributed by atoms with Crippen LogP contribution in [0.4, 0.5) is 5.69 Å². The number of carbonyl (C=O) groups excluding carboxylic acids is 2. The van der Waals surface area contributed by atoms with Gasteiger partial charge in [-0.2, -0.15) is 5.10 Å². The van der Waals surface area contributed by atoms with E-state index >= 15 is 0 Å². The normalized spacial score (nSPS) is 11.8. The van der Waals surface area contributed by atoms with Crippen molar-refractivity contribution in [2.75, 3.05) is 5.32 Å². The summed E-state index contributed by atoms with van der Waals surface area (Å²) >= 11 is 0.